The van der Waals surface area contributed by atoms with Gasteiger partial charge < -0.3 is 15.5 Å². The standard InChI is InChI=1S/C13H19N3/c1-15-6-10-8-16(9-11(10)7-15)13-4-2-12(14)3-5-13/h2-5,10-11H,6-9,14H2,1H3/t10-,11-/m1/s1. The summed E-state index contributed by atoms with van der Waals surface area (Å²) in [4.78, 5) is 4.96. The van der Waals surface area contributed by atoms with E-state index >= 15 is 0 Å². The van der Waals surface area contributed by atoms with Crippen LogP contribution < -0.4 is 10.6 Å². The van der Waals surface area contributed by atoms with Crippen molar-refractivity contribution in [3.05, 3.63) is 24.3 Å². The minimum absolute atomic E-state index is 0.850. The second kappa shape index (κ2) is 3.67. The number of rotatable bonds is 1. The highest BCUT2D eigenvalue weighted by Gasteiger charge is 2.38. The summed E-state index contributed by atoms with van der Waals surface area (Å²) in [6.45, 7) is 4.93. The molecule has 0 bridgehead atoms. The Hall–Kier alpha value is -1.22. The second-order valence-electron chi connectivity index (χ2n) is 5.24. The zero-order valence-corrected chi connectivity index (χ0v) is 9.76. The molecule has 2 aliphatic rings. The van der Waals surface area contributed by atoms with Gasteiger partial charge in [0.25, 0.3) is 0 Å². The van der Waals surface area contributed by atoms with E-state index in [1.165, 1.54) is 31.9 Å². The fourth-order valence-electron chi connectivity index (χ4n) is 3.12. The van der Waals surface area contributed by atoms with Gasteiger partial charge in [-0.2, -0.15) is 0 Å². The molecule has 3 rings (SSSR count). The van der Waals surface area contributed by atoms with Gasteiger partial charge >= 0.3 is 0 Å². The summed E-state index contributed by atoms with van der Waals surface area (Å²) in [5.41, 5.74) is 7.89. The van der Waals surface area contributed by atoms with Crippen LogP contribution in [0.4, 0.5) is 11.4 Å². The first kappa shape index (κ1) is 9.97. The van der Waals surface area contributed by atoms with Gasteiger partial charge in [0.1, 0.15) is 0 Å². The average molecular weight is 217 g/mol. The first-order valence-electron chi connectivity index (χ1n) is 6.01. The third kappa shape index (κ3) is 1.65. The van der Waals surface area contributed by atoms with E-state index < -0.39 is 0 Å². The lowest BCUT2D eigenvalue weighted by Crippen LogP contribution is -2.26. The average Bonchev–Trinajstić information content (AvgIpc) is 2.75. The maximum atomic E-state index is 5.71. The van der Waals surface area contributed by atoms with Gasteiger partial charge in [-0.1, -0.05) is 0 Å². The summed E-state index contributed by atoms with van der Waals surface area (Å²) in [6, 6.07) is 8.27. The maximum absolute atomic E-state index is 5.71. The quantitative estimate of drug-likeness (QED) is 0.719. The summed E-state index contributed by atoms with van der Waals surface area (Å²) in [6.07, 6.45) is 0. The number of hydrogen-bond donors (Lipinski definition) is 1. The van der Waals surface area contributed by atoms with E-state index in [0.29, 0.717) is 0 Å². The van der Waals surface area contributed by atoms with Crippen LogP contribution in [0.5, 0.6) is 0 Å². The third-order valence-corrected chi connectivity index (χ3v) is 3.93. The van der Waals surface area contributed by atoms with E-state index in [-0.39, 0.29) is 0 Å². The molecule has 0 unspecified atom stereocenters. The lowest BCUT2D eigenvalue weighted by atomic mass is 10.0. The molecule has 2 heterocycles. The molecule has 2 atom stereocenters. The van der Waals surface area contributed by atoms with Gasteiger partial charge in [-0.15, -0.1) is 0 Å². The van der Waals surface area contributed by atoms with Crippen LogP contribution in [0.3, 0.4) is 0 Å². The van der Waals surface area contributed by atoms with E-state index in [9.17, 15) is 0 Å². The fourth-order valence-corrected chi connectivity index (χ4v) is 3.12. The number of nitrogens with two attached hydrogens (primary N) is 1. The first-order chi connectivity index (χ1) is 7.72. The molecule has 0 spiro atoms. The van der Waals surface area contributed by atoms with Crippen molar-refractivity contribution >= 4 is 11.4 Å². The van der Waals surface area contributed by atoms with E-state index in [1.807, 2.05) is 12.1 Å². The molecular weight excluding hydrogens is 198 g/mol. The molecule has 16 heavy (non-hydrogen) atoms. The molecule has 0 saturated carbocycles. The van der Waals surface area contributed by atoms with E-state index in [0.717, 1.165) is 17.5 Å². The van der Waals surface area contributed by atoms with Crippen LogP contribution in [0.25, 0.3) is 0 Å². The zero-order valence-electron chi connectivity index (χ0n) is 9.76. The Bertz CT molecular complexity index is 359. The largest absolute Gasteiger partial charge is 0.399 e. The van der Waals surface area contributed by atoms with Gasteiger partial charge in [0.05, 0.1) is 0 Å². The Balaban J connectivity index is 1.73. The number of anilines is 2. The lowest BCUT2D eigenvalue weighted by Gasteiger charge is -2.21. The predicted octanol–water partition coefficient (Wildman–Crippen LogP) is 1.27. The maximum Gasteiger partial charge on any atom is 0.0367 e. The Morgan fingerprint density at radius 2 is 1.56 bits per heavy atom. The van der Waals surface area contributed by atoms with Crippen molar-refractivity contribution in [2.45, 2.75) is 0 Å². The molecule has 86 valence electrons. The molecule has 1 aromatic carbocycles. The lowest BCUT2D eigenvalue weighted by molar-refractivity contribution is 0.387. The Labute approximate surface area is 96.8 Å². The molecule has 1 aromatic rings. The number of nitrogens with zero attached hydrogens (tertiary/aromatic N) is 2. The Morgan fingerprint density at radius 3 is 2.12 bits per heavy atom. The molecule has 0 aliphatic carbocycles. The molecule has 2 fully saturated rings. The SMILES string of the molecule is CN1C[C@@H]2CN(c3ccc(N)cc3)C[C@H]2C1. The summed E-state index contributed by atoms with van der Waals surface area (Å²) in [5.74, 6) is 1.73. The van der Waals surface area contributed by atoms with Gasteiger partial charge in [-0.3, -0.25) is 0 Å². The van der Waals surface area contributed by atoms with Gasteiger partial charge in [0.2, 0.25) is 0 Å². The van der Waals surface area contributed by atoms with Crippen LogP contribution in [0.2, 0.25) is 0 Å². The second-order valence-corrected chi connectivity index (χ2v) is 5.24. The minimum atomic E-state index is 0.850. The normalized spacial score (nSPS) is 29.7. The number of benzene rings is 1. The summed E-state index contributed by atoms with van der Waals surface area (Å²) in [5, 5.41) is 0. The van der Waals surface area contributed by atoms with Crippen molar-refractivity contribution in [3.8, 4) is 0 Å². The van der Waals surface area contributed by atoms with E-state index in [2.05, 4.69) is 29.0 Å². The first-order valence-corrected chi connectivity index (χ1v) is 6.01. The van der Waals surface area contributed by atoms with E-state index in [1.54, 1.807) is 0 Å². The summed E-state index contributed by atoms with van der Waals surface area (Å²) >= 11 is 0. The third-order valence-electron chi connectivity index (χ3n) is 3.93. The van der Waals surface area contributed by atoms with Crippen molar-refractivity contribution in [3.63, 3.8) is 0 Å². The Morgan fingerprint density at radius 1 is 1.00 bits per heavy atom. The predicted molar refractivity (Wildman–Crippen MR) is 67.5 cm³/mol. The molecule has 2 saturated heterocycles. The van der Waals surface area contributed by atoms with Crippen LogP contribution in [0, 0.1) is 11.8 Å². The van der Waals surface area contributed by atoms with Crippen LogP contribution in [-0.2, 0) is 0 Å². The number of hydrogen-bond acceptors (Lipinski definition) is 3. The summed E-state index contributed by atoms with van der Waals surface area (Å²) < 4.78 is 0. The molecule has 0 aromatic heterocycles. The number of fused-ring (bicyclic) bond motifs is 1. The van der Waals surface area contributed by atoms with Crippen molar-refractivity contribution in [1.82, 2.24) is 4.90 Å². The highest BCUT2D eigenvalue weighted by atomic mass is 15.2. The van der Waals surface area contributed by atoms with Crippen LogP contribution >= 0.6 is 0 Å². The molecule has 3 heteroatoms. The van der Waals surface area contributed by atoms with E-state index in [4.69, 9.17) is 5.73 Å². The van der Waals surface area contributed by atoms with Crippen molar-refractivity contribution in [2.75, 3.05) is 43.9 Å². The molecule has 3 nitrogen and oxygen atoms in total. The van der Waals surface area contributed by atoms with Gasteiger partial charge in [-0.25, -0.2) is 0 Å². The molecule has 2 N–H and O–H groups in total. The number of likely N-dealkylation sites (tertiary alicyclic amines) is 1. The smallest absolute Gasteiger partial charge is 0.0367 e. The minimum Gasteiger partial charge on any atom is -0.399 e. The van der Waals surface area contributed by atoms with Gasteiger partial charge in [0, 0.05) is 37.6 Å². The Kier molecular flexibility index (Phi) is 2.28. The monoisotopic (exact) mass is 217 g/mol. The van der Waals surface area contributed by atoms with Crippen molar-refractivity contribution in [1.29, 1.82) is 0 Å². The highest BCUT2D eigenvalue weighted by Crippen LogP contribution is 2.33. The van der Waals surface area contributed by atoms with Crippen LogP contribution in [0.1, 0.15) is 0 Å². The molecule has 0 radical (unpaired) electrons. The van der Waals surface area contributed by atoms with Crippen molar-refractivity contribution in [2.24, 2.45) is 11.8 Å². The van der Waals surface area contributed by atoms with Gasteiger partial charge in [-0.05, 0) is 43.1 Å². The highest BCUT2D eigenvalue weighted by molar-refractivity contribution is 5.53. The van der Waals surface area contributed by atoms with Crippen LogP contribution in [-0.4, -0.2) is 38.1 Å². The molecule has 2 aliphatic heterocycles. The topological polar surface area (TPSA) is 32.5 Å². The molecule has 0 amide bonds. The van der Waals surface area contributed by atoms with Crippen LogP contribution in [0.15, 0.2) is 24.3 Å². The summed E-state index contributed by atoms with van der Waals surface area (Å²) in [7, 11) is 2.23. The van der Waals surface area contributed by atoms with Gasteiger partial charge in [0.15, 0.2) is 0 Å². The van der Waals surface area contributed by atoms with Crippen molar-refractivity contribution < 1.29 is 0 Å². The molecular formula is C13H19N3. The zero-order chi connectivity index (χ0) is 11.1. The fraction of sp³-hybridized carbons (Fsp3) is 0.538. The number of nitrogen functional groups attached to an aromatic ring is 1.